The fourth-order valence-electron chi connectivity index (χ4n) is 4.74. The molecule has 2 aliphatic rings. The van der Waals surface area contributed by atoms with Gasteiger partial charge in [-0.05, 0) is 83.8 Å². The van der Waals surface area contributed by atoms with Gasteiger partial charge in [0.15, 0.2) is 8.32 Å². The molecule has 0 radical (unpaired) electrons. The third-order valence-corrected chi connectivity index (χ3v) is 12.2. The number of carbonyl (C=O) groups is 1. The summed E-state index contributed by atoms with van der Waals surface area (Å²) in [6.45, 7) is 17.5. The Labute approximate surface area is 205 Å². The topological polar surface area (TPSA) is 55.8 Å². The van der Waals surface area contributed by atoms with Crippen LogP contribution in [0.4, 0.5) is 4.39 Å². The summed E-state index contributed by atoms with van der Waals surface area (Å²) in [4.78, 5) is 11.8. The fraction of sp³-hybridized carbons (Fsp3) is 0.607. The second-order valence-electron chi connectivity index (χ2n) is 12.1. The summed E-state index contributed by atoms with van der Waals surface area (Å²) in [6.07, 6.45) is 4.95. The van der Waals surface area contributed by atoms with Gasteiger partial charge in [0.2, 0.25) is 0 Å². The van der Waals surface area contributed by atoms with Crippen LogP contribution in [0.15, 0.2) is 35.9 Å². The van der Waals surface area contributed by atoms with Crippen LogP contribution in [-0.2, 0) is 14.0 Å². The quantitative estimate of drug-likeness (QED) is 0.369. The number of aliphatic hydroxyl groups is 1. The van der Waals surface area contributed by atoms with Crippen molar-refractivity contribution >= 4 is 19.9 Å². The van der Waals surface area contributed by atoms with Crippen LogP contribution in [0.5, 0.6) is 0 Å². The van der Waals surface area contributed by atoms with E-state index >= 15 is 0 Å². The van der Waals surface area contributed by atoms with Crippen molar-refractivity contribution in [1.82, 2.24) is 0 Å². The van der Waals surface area contributed by atoms with Crippen LogP contribution in [0.25, 0.3) is 5.57 Å². The van der Waals surface area contributed by atoms with Crippen LogP contribution >= 0.6 is 0 Å². The molecular formula is C28H41FO4Si. The minimum atomic E-state index is -1.97. The molecule has 1 unspecified atom stereocenters. The lowest BCUT2D eigenvalue weighted by molar-refractivity contribution is -0.156. The van der Waals surface area contributed by atoms with Crippen LogP contribution in [0.3, 0.4) is 0 Å². The minimum absolute atomic E-state index is 0.0467. The smallest absolute Gasteiger partial charge is 0.309 e. The van der Waals surface area contributed by atoms with E-state index in [0.717, 1.165) is 29.6 Å². The Morgan fingerprint density at radius 1 is 1.24 bits per heavy atom. The van der Waals surface area contributed by atoms with Crippen molar-refractivity contribution in [1.29, 1.82) is 0 Å². The maximum atomic E-state index is 14.1. The number of ether oxygens (including phenoxy) is 1. The van der Waals surface area contributed by atoms with Crippen LogP contribution in [0.1, 0.15) is 71.4 Å². The van der Waals surface area contributed by atoms with E-state index in [9.17, 15) is 14.3 Å². The first-order chi connectivity index (χ1) is 15.6. The van der Waals surface area contributed by atoms with Gasteiger partial charge in [-0.25, -0.2) is 4.39 Å². The lowest BCUT2D eigenvalue weighted by atomic mass is 9.69. The van der Waals surface area contributed by atoms with Gasteiger partial charge in [0.25, 0.3) is 0 Å². The van der Waals surface area contributed by atoms with E-state index in [1.807, 2.05) is 24.3 Å². The lowest BCUT2D eigenvalue weighted by Gasteiger charge is -2.45. The Kier molecular flexibility index (Phi) is 7.66. The fourth-order valence-corrected chi connectivity index (χ4v) is 6.09. The summed E-state index contributed by atoms with van der Waals surface area (Å²) in [5, 5.41) is 10.1. The number of carbonyl (C=O) groups excluding carboxylic acids is 1. The number of benzene rings is 1. The first-order valence-electron chi connectivity index (χ1n) is 12.3. The first kappa shape index (κ1) is 26.8. The molecule has 1 heterocycles. The molecule has 1 N–H and O–H groups in total. The zero-order chi connectivity index (χ0) is 25.5. The molecule has 1 aromatic carbocycles. The number of hydrogen-bond acceptors (Lipinski definition) is 4. The second-order valence-corrected chi connectivity index (χ2v) is 16.9. The number of cyclic esters (lactones) is 1. The van der Waals surface area contributed by atoms with Gasteiger partial charge >= 0.3 is 5.97 Å². The van der Waals surface area contributed by atoms with Gasteiger partial charge in [-0.1, -0.05) is 46.8 Å². The zero-order valence-corrected chi connectivity index (χ0v) is 23.0. The monoisotopic (exact) mass is 488 g/mol. The molecule has 34 heavy (non-hydrogen) atoms. The van der Waals surface area contributed by atoms with Crippen LogP contribution in [0, 0.1) is 18.2 Å². The Hall–Kier alpha value is -1.76. The molecule has 0 bridgehead atoms. The van der Waals surface area contributed by atoms with Crippen molar-refractivity contribution in [2.45, 2.75) is 104 Å². The number of halogens is 1. The molecule has 0 spiro atoms. The minimum Gasteiger partial charge on any atom is -0.458 e. The molecule has 1 aliphatic heterocycles. The number of aliphatic hydroxyl groups excluding tert-OH is 1. The molecule has 0 aromatic heterocycles. The van der Waals surface area contributed by atoms with Gasteiger partial charge in [0, 0.05) is 12.5 Å². The normalized spacial score (nSPS) is 26.2. The van der Waals surface area contributed by atoms with E-state index in [2.05, 4.69) is 47.7 Å². The summed E-state index contributed by atoms with van der Waals surface area (Å²) >= 11 is 0. The van der Waals surface area contributed by atoms with Gasteiger partial charge in [-0.2, -0.15) is 0 Å². The van der Waals surface area contributed by atoms with Crippen molar-refractivity contribution in [2.75, 3.05) is 0 Å². The third-order valence-electron chi connectivity index (χ3n) is 7.66. The second kappa shape index (κ2) is 9.71. The molecule has 0 saturated carbocycles. The first-order valence-corrected chi connectivity index (χ1v) is 15.2. The van der Waals surface area contributed by atoms with Crippen LogP contribution in [-0.4, -0.2) is 37.7 Å². The SMILES string of the molecule is Cc1cc(C2=C(C=C[C@H]3C[C@H](O)CC(=O)O3)C(C)(C)CC(O[Si](C)(C)C(C)(C)C)C2)ccc1F. The molecule has 3 atom stereocenters. The average Bonchev–Trinajstić information content (AvgIpc) is 2.66. The molecular weight excluding hydrogens is 447 g/mol. The molecule has 6 heteroatoms. The van der Waals surface area contributed by atoms with Crippen molar-refractivity contribution in [3.63, 3.8) is 0 Å². The lowest BCUT2D eigenvalue weighted by Crippen LogP contribution is -2.46. The Morgan fingerprint density at radius 3 is 2.50 bits per heavy atom. The predicted molar refractivity (Wildman–Crippen MR) is 137 cm³/mol. The highest BCUT2D eigenvalue weighted by atomic mass is 28.4. The summed E-state index contributed by atoms with van der Waals surface area (Å²) < 4.78 is 26.4. The molecule has 1 fully saturated rings. The highest BCUT2D eigenvalue weighted by Gasteiger charge is 2.43. The van der Waals surface area contributed by atoms with Crippen LogP contribution in [0.2, 0.25) is 18.1 Å². The van der Waals surface area contributed by atoms with Crippen molar-refractivity contribution in [3.05, 3.63) is 52.9 Å². The summed E-state index contributed by atoms with van der Waals surface area (Å²) in [6, 6.07) is 5.29. The molecule has 0 amide bonds. The molecule has 1 aliphatic carbocycles. The standard InChI is InChI=1S/C28H41FO4Si/c1-18-13-19(9-12-25(18)29)23-16-22(33-34(7,8)27(2,3)4)17-28(5,6)24(23)11-10-21-14-20(30)15-26(31)32-21/h9-13,20-22,30H,14-17H2,1-8H3/t20-,21-,22?/m0/s1. The van der Waals surface area contributed by atoms with E-state index in [-0.39, 0.29) is 34.8 Å². The van der Waals surface area contributed by atoms with Crippen molar-refractivity contribution < 1.29 is 23.5 Å². The number of aryl methyl sites for hydroxylation is 1. The van der Waals surface area contributed by atoms with E-state index in [1.165, 1.54) is 6.07 Å². The molecule has 188 valence electrons. The number of esters is 1. The molecule has 1 saturated heterocycles. The van der Waals surface area contributed by atoms with Gasteiger partial charge < -0.3 is 14.3 Å². The summed E-state index contributed by atoms with van der Waals surface area (Å²) in [5.41, 5.74) is 3.70. The zero-order valence-electron chi connectivity index (χ0n) is 22.0. The van der Waals surface area contributed by atoms with E-state index in [1.54, 1.807) is 6.92 Å². The highest BCUT2D eigenvalue weighted by Crippen LogP contribution is 2.48. The molecule has 4 nitrogen and oxygen atoms in total. The molecule has 3 rings (SSSR count). The maximum absolute atomic E-state index is 14.1. The van der Waals surface area contributed by atoms with Gasteiger partial charge in [0.1, 0.15) is 11.9 Å². The predicted octanol–water partition coefficient (Wildman–Crippen LogP) is 6.72. The van der Waals surface area contributed by atoms with Gasteiger partial charge in [-0.15, -0.1) is 0 Å². The largest absolute Gasteiger partial charge is 0.458 e. The van der Waals surface area contributed by atoms with Crippen molar-refractivity contribution in [2.24, 2.45) is 5.41 Å². The Balaban J connectivity index is 2.02. The summed E-state index contributed by atoms with van der Waals surface area (Å²) in [5.74, 6) is -0.587. The Morgan fingerprint density at radius 2 is 1.91 bits per heavy atom. The number of hydrogen-bond donors (Lipinski definition) is 1. The van der Waals surface area contributed by atoms with E-state index < -0.39 is 20.5 Å². The number of rotatable bonds is 5. The third kappa shape index (κ3) is 6.07. The summed E-state index contributed by atoms with van der Waals surface area (Å²) in [7, 11) is -1.97. The van der Waals surface area contributed by atoms with Crippen molar-refractivity contribution in [3.8, 4) is 0 Å². The highest BCUT2D eigenvalue weighted by molar-refractivity contribution is 6.74. The molecule has 1 aromatic rings. The van der Waals surface area contributed by atoms with E-state index in [4.69, 9.17) is 9.16 Å². The average molecular weight is 489 g/mol. The Bertz CT molecular complexity index is 987. The van der Waals surface area contributed by atoms with Crippen LogP contribution < -0.4 is 0 Å². The van der Waals surface area contributed by atoms with E-state index in [0.29, 0.717) is 12.0 Å². The van der Waals surface area contributed by atoms with Gasteiger partial charge in [-0.3, -0.25) is 4.79 Å². The van der Waals surface area contributed by atoms with Gasteiger partial charge in [0.05, 0.1) is 12.5 Å². The number of allylic oxidation sites excluding steroid dienone is 2. The maximum Gasteiger partial charge on any atom is 0.309 e.